The van der Waals surface area contributed by atoms with Crippen LogP contribution in [-0.2, 0) is 9.53 Å². The summed E-state index contributed by atoms with van der Waals surface area (Å²) in [5, 5.41) is 10.7. The molecule has 5 nitrogen and oxygen atoms in total. The molecule has 0 aliphatic rings. The molecule has 0 radical (unpaired) electrons. The molecule has 0 bridgehead atoms. The largest absolute Gasteiger partial charge is 0.456 e. The fraction of sp³-hybridized carbons (Fsp3) is 0.250. The average molecular weight is 251 g/mol. The van der Waals surface area contributed by atoms with Gasteiger partial charge in [-0.05, 0) is 19.9 Å². The van der Waals surface area contributed by atoms with Crippen molar-refractivity contribution in [2.45, 2.75) is 13.8 Å². The Kier molecular flexibility index (Phi) is 4.38. The van der Waals surface area contributed by atoms with E-state index in [2.05, 4.69) is 16.6 Å². The predicted molar refractivity (Wildman–Crippen MR) is 61.3 cm³/mol. The molecule has 0 amide bonds. The van der Waals surface area contributed by atoms with E-state index in [0.29, 0.717) is 0 Å². The van der Waals surface area contributed by atoms with E-state index < -0.39 is 16.7 Å². The Morgan fingerprint density at radius 3 is 2.78 bits per heavy atom. The van der Waals surface area contributed by atoms with Gasteiger partial charge in [0.25, 0.3) is 5.69 Å². The molecule has 0 aliphatic heterocycles. The molecule has 1 aromatic carbocycles. The highest BCUT2D eigenvalue weighted by Crippen LogP contribution is 2.22. The number of rotatable bonds is 2. The van der Waals surface area contributed by atoms with Crippen LogP contribution >= 0.6 is 0 Å². The molecule has 0 atom stereocenters. The molecule has 0 saturated heterocycles. The lowest BCUT2D eigenvalue weighted by molar-refractivity contribution is -0.385. The van der Waals surface area contributed by atoms with Crippen molar-refractivity contribution in [1.29, 1.82) is 0 Å². The number of halogens is 1. The minimum atomic E-state index is -0.777. The fourth-order valence-electron chi connectivity index (χ4n) is 1.27. The summed E-state index contributed by atoms with van der Waals surface area (Å²) < 4.78 is 17.7. The number of nitro benzene ring substituents is 1. The van der Waals surface area contributed by atoms with Gasteiger partial charge >= 0.3 is 5.97 Å². The van der Waals surface area contributed by atoms with Crippen LogP contribution in [0.25, 0.3) is 0 Å². The molecule has 0 aromatic heterocycles. The van der Waals surface area contributed by atoms with Gasteiger partial charge in [-0.25, -0.2) is 9.18 Å². The molecule has 94 valence electrons. The summed E-state index contributed by atoms with van der Waals surface area (Å²) >= 11 is 0. The van der Waals surface area contributed by atoms with Gasteiger partial charge in [0.2, 0.25) is 0 Å². The smallest absolute Gasteiger partial charge is 0.384 e. The van der Waals surface area contributed by atoms with Crippen molar-refractivity contribution >= 4 is 11.7 Å². The van der Waals surface area contributed by atoms with E-state index in [-0.39, 0.29) is 23.4 Å². The number of benzene rings is 1. The zero-order valence-corrected chi connectivity index (χ0v) is 9.82. The van der Waals surface area contributed by atoms with Crippen LogP contribution in [0.3, 0.4) is 0 Å². The summed E-state index contributed by atoms with van der Waals surface area (Å²) in [6.07, 6.45) is 0. The maximum absolute atomic E-state index is 13.2. The van der Waals surface area contributed by atoms with Crippen LogP contribution in [0.1, 0.15) is 18.1 Å². The van der Waals surface area contributed by atoms with Gasteiger partial charge in [0.1, 0.15) is 5.82 Å². The molecule has 0 spiro atoms. The summed E-state index contributed by atoms with van der Waals surface area (Å²) in [7, 11) is 0. The van der Waals surface area contributed by atoms with Gasteiger partial charge in [-0.1, -0.05) is 5.92 Å². The van der Waals surface area contributed by atoms with Crippen molar-refractivity contribution < 1.29 is 18.8 Å². The van der Waals surface area contributed by atoms with Gasteiger partial charge in [-0.3, -0.25) is 10.1 Å². The summed E-state index contributed by atoms with van der Waals surface area (Å²) in [5.41, 5.74) is -0.0730. The van der Waals surface area contributed by atoms with Crippen LogP contribution in [0.15, 0.2) is 12.1 Å². The lowest BCUT2D eigenvalue weighted by Crippen LogP contribution is -2.00. The molecule has 0 N–H and O–H groups in total. The Labute approximate surface area is 103 Å². The molecule has 1 aromatic rings. The number of ether oxygens (including phenoxy) is 1. The first kappa shape index (κ1) is 13.6. The SMILES string of the molecule is CCOC(=O)C#Cc1cc(F)cc([N+](=O)[O-])c1C. The van der Waals surface area contributed by atoms with E-state index >= 15 is 0 Å². The zero-order valence-electron chi connectivity index (χ0n) is 9.82. The maximum Gasteiger partial charge on any atom is 0.384 e. The standard InChI is InChI=1S/C12H10FNO4/c1-3-18-12(15)5-4-9-6-10(13)7-11(8(9)2)14(16)17/h6-7H,3H2,1-2H3. The summed E-state index contributed by atoms with van der Waals surface area (Å²) in [6, 6.07) is 1.85. The lowest BCUT2D eigenvalue weighted by Gasteiger charge is -2.00. The van der Waals surface area contributed by atoms with Crippen molar-refractivity contribution in [1.82, 2.24) is 0 Å². The third kappa shape index (κ3) is 3.28. The van der Waals surface area contributed by atoms with Crippen LogP contribution in [0.5, 0.6) is 0 Å². The second-order valence-electron chi connectivity index (χ2n) is 3.33. The summed E-state index contributed by atoms with van der Waals surface area (Å²) in [6.45, 7) is 3.24. The highest BCUT2D eigenvalue weighted by atomic mass is 19.1. The molecule has 18 heavy (non-hydrogen) atoms. The minimum Gasteiger partial charge on any atom is -0.456 e. The van der Waals surface area contributed by atoms with Crippen LogP contribution < -0.4 is 0 Å². The van der Waals surface area contributed by atoms with Gasteiger partial charge in [0.05, 0.1) is 17.6 Å². The van der Waals surface area contributed by atoms with Gasteiger partial charge in [-0.2, -0.15) is 0 Å². The van der Waals surface area contributed by atoms with E-state index in [4.69, 9.17) is 0 Å². The third-order valence-electron chi connectivity index (χ3n) is 2.12. The normalized spacial score (nSPS) is 9.28. The van der Waals surface area contributed by atoms with Gasteiger partial charge in [-0.15, -0.1) is 0 Å². The van der Waals surface area contributed by atoms with Crippen LogP contribution in [-0.4, -0.2) is 17.5 Å². The lowest BCUT2D eigenvalue weighted by atomic mass is 10.1. The average Bonchev–Trinajstić information content (AvgIpc) is 2.30. The molecule has 0 saturated carbocycles. The van der Waals surface area contributed by atoms with E-state index in [9.17, 15) is 19.3 Å². The molecule has 0 heterocycles. The molecule has 0 fully saturated rings. The molecule has 1 rings (SSSR count). The molecule has 0 unspecified atom stereocenters. The Bertz CT molecular complexity index is 557. The van der Waals surface area contributed by atoms with Crippen LogP contribution in [0, 0.1) is 34.7 Å². The molecular formula is C12H10FNO4. The quantitative estimate of drug-likeness (QED) is 0.348. The van der Waals surface area contributed by atoms with E-state index in [1.165, 1.54) is 6.92 Å². The second kappa shape index (κ2) is 5.77. The Morgan fingerprint density at radius 1 is 1.56 bits per heavy atom. The Balaban J connectivity index is 3.17. The van der Waals surface area contributed by atoms with Crippen LogP contribution in [0.4, 0.5) is 10.1 Å². The Morgan fingerprint density at radius 2 is 2.22 bits per heavy atom. The van der Waals surface area contributed by atoms with Crippen LogP contribution in [0.2, 0.25) is 0 Å². The van der Waals surface area contributed by atoms with E-state index in [0.717, 1.165) is 12.1 Å². The summed E-state index contributed by atoms with van der Waals surface area (Å²) in [4.78, 5) is 21.0. The first-order chi connectivity index (χ1) is 8.45. The topological polar surface area (TPSA) is 69.4 Å². The molecular weight excluding hydrogens is 241 g/mol. The van der Waals surface area contributed by atoms with Gasteiger partial charge < -0.3 is 4.74 Å². The molecule has 0 aliphatic carbocycles. The van der Waals surface area contributed by atoms with E-state index in [1.807, 2.05) is 0 Å². The second-order valence-corrected chi connectivity index (χ2v) is 3.33. The zero-order chi connectivity index (χ0) is 13.7. The number of nitrogens with zero attached hydrogens (tertiary/aromatic N) is 1. The number of carbonyl (C=O) groups excluding carboxylic acids is 1. The monoisotopic (exact) mass is 251 g/mol. The van der Waals surface area contributed by atoms with Crippen molar-refractivity contribution in [2.24, 2.45) is 0 Å². The number of nitro groups is 1. The first-order valence-corrected chi connectivity index (χ1v) is 5.09. The first-order valence-electron chi connectivity index (χ1n) is 5.09. The highest BCUT2D eigenvalue weighted by Gasteiger charge is 2.15. The number of carbonyl (C=O) groups is 1. The summed E-state index contributed by atoms with van der Waals surface area (Å²) in [5.74, 6) is 2.96. The number of hydrogen-bond donors (Lipinski definition) is 0. The highest BCUT2D eigenvalue weighted by molar-refractivity contribution is 5.89. The van der Waals surface area contributed by atoms with Crippen molar-refractivity contribution in [3.8, 4) is 11.8 Å². The van der Waals surface area contributed by atoms with Crippen molar-refractivity contribution in [3.63, 3.8) is 0 Å². The number of esters is 1. The van der Waals surface area contributed by atoms with Crippen molar-refractivity contribution in [2.75, 3.05) is 6.61 Å². The van der Waals surface area contributed by atoms with E-state index in [1.54, 1.807) is 6.92 Å². The molecule has 6 heteroatoms. The fourth-order valence-corrected chi connectivity index (χ4v) is 1.27. The predicted octanol–water partition coefficient (Wildman–Crippen LogP) is 1.96. The number of hydrogen-bond acceptors (Lipinski definition) is 4. The minimum absolute atomic E-state index is 0.0924. The Hall–Kier alpha value is -2.42. The van der Waals surface area contributed by atoms with Gasteiger partial charge in [0.15, 0.2) is 0 Å². The maximum atomic E-state index is 13.2. The van der Waals surface area contributed by atoms with Crippen molar-refractivity contribution in [3.05, 3.63) is 39.2 Å². The third-order valence-corrected chi connectivity index (χ3v) is 2.12. The van der Waals surface area contributed by atoms with Gasteiger partial charge in [0, 0.05) is 17.0 Å².